The van der Waals surface area contributed by atoms with Crippen LogP contribution in [0.1, 0.15) is 5.89 Å². The molecule has 0 saturated heterocycles. The van der Waals surface area contributed by atoms with Crippen LogP contribution in [0.4, 0.5) is 0 Å². The minimum absolute atomic E-state index is 0.418. The van der Waals surface area contributed by atoms with E-state index in [1.165, 1.54) is 0 Å². The first-order chi connectivity index (χ1) is 6.40. The summed E-state index contributed by atoms with van der Waals surface area (Å²) in [5.41, 5.74) is 0. The number of hydrogen-bond acceptors (Lipinski definition) is 5. The van der Waals surface area contributed by atoms with E-state index in [1.54, 1.807) is 18.4 Å². The zero-order valence-corrected chi connectivity index (χ0v) is 7.70. The first-order valence-corrected chi connectivity index (χ1v) is 4.50. The van der Waals surface area contributed by atoms with Gasteiger partial charge in [-0.1, -0.05) is 0 Å². The lowest BCUT2D eigenvalue weighted by atomic mass is 10.4. The molecular formula is C8H8N2O2S. The van der Waals surface area contributed by atoms with Crippen molar-refractivity contribution in [3.8, 4) is 11.7 Å². The predicted molar refractivity (Wildman–Crippen MR) is 49.6 cm³/mol. The van der Waals surface area contributed by atoms with Gasteiger partial charge in [0.15, 0.2) is 5.76 Å². The Morgan fingerprint density at radius 2 is 2.31 bits per heavy atom. The molecule has 2 rings (SSSR count). The van der Waals surface area contributed by atoms with E-state index in [4.69, 9.17) is 8.83 Å². The number of furan rings is 1. The number of aromatic nitrogens is 2. The number of aryl methyl sites for hydroxylation is 1. The van der Waals surface area contributed by atoms with Crippen molar-refractivity contribution in [1.82, 2.24) is 10.2 Å². The molecule has 2 heterocycles. The normalized spacial score (nSPS) is 10.5. The fourth-order valence-corrected chi connectivity index (χ4v) is 1.14. The minimum Gasteiger partial charge on any atom is -0.459 e. The molecule has 4 nitrogen and oxygen atoms in total. The van der Waals surface area contributed by atoms with Crippen LogP contribution in [0.2, 0.25) is 0 Å². The quantitative estimate of drug-likeness (QED) is 0.760. The minimum atomic E-state index is 0.418. The lowest BCUT2D eigenvalue weighted by Gasteiger charge is -1.86. The predicted octanol–water partition coefficient (Wildman–Crippen LogP) is 1.80. The number of rotatable bonds is 3. The van der Waals surface area contributed by atoms with E-state index in [-0.39, 0.29) is 0 Å². The van der Waals surface area contributed by atoms with Crippen LogP contribution in [0, 0.1) is 0 Å². The van der Waals surface area contributed by atoms with Gasteiger partial charge in [0.25, 0.3) is 5.89 Å². The van der Waals surface area contributed by atoms with Gasteiger partial charge in [-0.2, -0.15) is 12.6 Å². The summed E-state index contributed by atoms with van der Waals surface area (Å²) < 4.78 is 10.4. The highest BCUT2D eigenvalue weighted by molar-refractivity contribution is 7.80. The van der Waals surface area contributed by atoms with E-state index < -0.39 is 0 Å². The van der Waals surface area contributed by atoms with E-state index in [2.05, 4.69) is 22.8 Å². The molecule has 2 aromatic rings. The molecule has 0 unspecified atom stereocenters. The first-order valence-electron chi connectivity index (χ1n) is 3.87. The second kappa shape index (κ2) is 3.66. The van der Waals surface area contributed by atoms with Crippen molar-refractivity contribution in [2.75, 3.05) is 5.75 Å². The Morgan fingerprint density at radius 1 is 1.38 bits per heavy atom. The molecule has 0 fully saturated rings. The molecule has 68 valence electrons. The summed E-state index contributed by atoms with van der Waals surface area (Å²) in [6.07, 6.45) is 2.24. The highest BCUT2D eigenvalue weighted by Crippen LogP contribution is 2.17. The van der Waals surface area contributed by atoms with E-state index in [1.807, 2.05) is 0 Å². The van der Waals surface area contributed by atoms with E-state index >= 15 is 0 Å². The van der Waals surface area contributed by atoms with Gasteiger partial charge in [-0.25, -0.2) is 0 Å². The molecule has 0 aliphatic heterocycles. The summed E-state index contributed by atoms with van der Waals surface area (Å²) in [6.45, 7) is 0. The second-order valence-electron chi connectivity index (χ2n) is 2.45. The van der Waals surface area contributed by atoms with Crippen LogP contribution in [0.25, 0.3) is 11.7 Å². The third kappa shape index (κ3) is 1.75. The van der Waals surface area contributed by atoms with Gasteiger partial charge in [-0.05, 0) is 17.9 Å². The molecule has 2 aromatic heterocycles. The Kier molecular flexibility index (Phi) is 2.35. The highest BCUT2D eigenvalue weighted by atomic mass is 32.1. The standard InChI is InChI=1S/C8H8N2O2S/c13-5-3-7-9-10-8(12-7)6-2-1-4-11-6/h1-2,4,13H,3,5H2. The Bertz CT molecular complexity index is 369. The molecule has 0 aromatic carbocycles. The Morgan fingerprint density at radius 3 is 3.00 bits per heavy atom. The van der Waals surface area contributed by atoms with Gasteiger partial charge in [0.1, 0.15) is 0 Å². The topological polar surface area (TPSA) is 52.1 Å². The summed E-state index contributed by atoms with van der Waals surface area (Å²) >= 11 is 4.07. The monoisotopic (exact) mass is 196 g/mol. The molecule has 0 radical (unpaired) electrons. The molecule has 13 heavy (non-hydrogen) atoms. The molecule has 0 aliphatic rings. The van der Waals surface area contributed by atoms with Gasteiger partial charge >= 0.3 is 0 Å². The number of thiol groups is 1. The first kappa shape index (κ1) is 8.37. The van der Waals surface area contributed by atoms with Gasteiger partial charge in [0, 0.05) is 6.42 Å². The van der Waals surface area contributed by atoms with Crippen LogP contribution in [-0.2, 0) is 6.42 Å². The SMILES string of the molecule is SCCc1nnc(-c2ccco2)o1. The largest absolute Gasteiger partial charge is 0.459 e. The Balaban J connectivity index is 2.23. The fourth-order valence-electron chi connectivity index (χ4n) is 0.950. The maximum absolute atomic E-state index is 5.30. The van der Waals surface area contributed by atoms with Crippen LogP contribution in [0.5, 0.6) is 0 Å². The van der Waals surface area contributed by atoms with Crippen LogP contribution >= 0.6 is 12.6 Å². The maximum atomic E-state index is 5.30. The third-order valence-corrected chi connectivity index (χ3v) is 1.75. The molecule has 0 atom stereocenters. The Labute approximate surface area is 80.4 Å². The average molecular weight is 196 g/mol. The van der Waals surface area contributed by atoms with Crippen LogP contribution in [-0.4, -0.2) is 16.0 Å². The average Bonchev–Trinajstić information content (AvgIpc) is 2.70. The molecule has 0 amide bonds. The summed E-state index contributed by atoms with van der Waals surface area (Å²) in [5.74, 6) is 2.29. The third-order valence-electron chi connectivity index (χ3n) is 1.52. The van der Waals surface area contributed by atoms with Crippen molar-refractivity contribution in [2.24, 2.45) is 0 Å². The van der Waals surface area contributed by atoms with Crippen LogP contribution in [0.3, 0.4) is 0 Å². The summed E-state index contributed by atoms with van der Waals surface area (Å²) in [7, 11) is 0. The van der Waals surface area contributed by atoms with Crippen molar-refractivity contribution in [3.63, 3.8) is 0 Å². The van der Waals surface area contributed by atoms with Gasteiger partial charge in [-0.3, -0.25) is 0 Å². The number of hydrogen-bond donors (Lipinski definition) is 1. The van der Waals surface area contributed by atoms with Gasteiger partial charge in [0.05, 0.1) is 6.26 Å². The fraction of sp³-hybridized carbons (Fsp3) is 0.250. The van der Waals surface area contributed by atoms with Gasteiger partial charge < -0.3 is 8.83 Å². The highest BCUT2D eigenvalue weighted by Gasteiger charge is 2.09. The van der Waals surface area contributed by atoms with E-state index in [0.717, 1.165) is 0 Å². The summed E-state index contributed by atoms with van der Waals surface area (Å²) in [5, 5.41) is 7.67. The molecule has 5 heteroatoms. The number of nitrogens with zero attached hydrogens (tertiary/aromatic N) is 2. The lowest BCUT2D eigenvalue weighted by Crippen LogP contribution is -1.84. The molecule has 0 spiro atoms. The van der Waals surface area contributed by atoms with Gasteiger partial charge in [-0.15, -0.1) is 10.2 Å². The van der Waals surface area contributed by atoms with E-state index in [0.29, 0.717) is 29.7 Å². The zero-order chi connectivity index (χ0) is 9.10. The second-order valence-corrected chi connectivity index (χ2v) is 2.90. The van der Waals surface area contributed by atoms with Crippen molar-refractivity contribution in [2.45, 2.75) is 6.42 Å². The van der Waals surface area contributed by atoms with Crippen LogP contribution < -0.4 is 0 Å². The van der Waals surface area contributed by atoms with Crippen molar-refractivity contribution >= 4 is 12.6 Å². The van der Waals surface area contributed by atoms with Crippen LogP contribution in [0.15, 0.2) is 27.2 Å². The van der Waals surface area contributed by atoms with Crippen molar-refractivity contribution in [1.29, 1.82) is 0 Å². The Hall–Kier alpha value is -1.23. The molecule has 0 bridgehead atoms. The zero-order valence-electron chi connectivity index (χ0n) is 6.80. The molecule has 0 saturated carbocycles. The maximum Gasteiger partial charge on any atom is 0.283 e. The summed E-state index contributed by atoms with van der Waals surface area (Å²) in [4.78, 5) is 0. The van der Waals surface area contributed by atoms with Gasteiger partial charge in [0.2, 0.25) is 5.89 Å². The summed E-state index contributed by atoms with van der Waals surface area (Å²) in [6, 6.07) is 3.55. The smallest absolute Gasteiger partial charge is 0.283 e. The van der Waals surface area contributed by atoms with Crippen molar-refractivity contribution < 1.29 is 8.83 Å². The molecule has 0 N–H and O–H groups in total. The van der Waals surface area contributed by atoms with Crippen molar-refractivity contribution in [3.05, 3.63) is 24.3 Å². The molecular weight excluding hydrogens is 188 g/mol. The van der Waals surface area contributed by atoms with E-state index in [9.17, 15) is 0 Å². The molecule has 0 aliphatic carbocycles. The lowest BCUT2D eigenvalue weighted by molar-refractivity contribution is 0.485.